The van der Waals surface area contributed by atoms with Crippen molar-refractivity contribution in [2.75, 3.05) is 12.4 Å². The van der Waals surface area contributed by atoms with Gasteiger partial charge in [0.15, 0.2) is 5.76 Å². The van der Waals surface area contributed by atoms with E-state index in [4.69, 9.17) is 13.9 Å². The molecule has 0 bridgehead atoms. The summed E-state index contributed by atoms with van der Waals surface area (Å²) < 4.78 is 18.8. The van der Waals surface area contributed by atoms with Gasteiger partial charge in [-0.15, -0.1) is 0 Å². The summed E-state index contributed by atoms with van der Waals surface area (Å²) >= 11 is 0. The molecule has 4 aromatic carbocycles. The van der Waals surface area contributed by atoms with Crippen LogP contribution in [0.3, 0.4) is 0 Å². The average molecular weight is 532 g/mol. The summed E-state index contributed by atoms with van der Waals surface area (Å²) in [7, 11) is 1.41. The summed E-state index contributed by atoms with van der Waals surface area (Å²) in [5.41, 5.74) is 3.28. The number of hydrogen-bond acceptors (Lipinski definition) is 5. The lowest BCUT2D eigenvalue weighted by atomic mass is 9.80. The number of carbonyl (C=O) groups is 1. The maximum Gasteiger partial charge on any atom is 0.348 e. The van der Waals surface area contributed by atoms with Gasteiger partial charge in [-0.1, -0.05) is 84.9 Å². The van der Waals surface area contributed by atoms with E-state index in [9.17, 15) is 4.79 Å². The van der Waals surface area contributed by atoms with E-state index in [-0.39, 0.29) is 6.61 Å². The second-order valence-corrected chi connectivity index (χ2v) is 10.3. The third-order valence-corrected chi connectivity index (χ3v) is 7.84. The number of aryl methyl sites for hydroxylation is 1. The zero-order chi connectivity index (χ0) is 27.4. The van der Waals surface area contributed by atoms with Crippen LogP contribution >= 0.6 is 0 Å². The largest absolute Gasteiger partial charge is 0.466 e. The number of para-hydroxylation sites is 1. The molecule has 5 nitrogen and oxygen atoms in total. The monoisotopic (exact) mass is 531 g/mol. The van der Waals surface area contributed by atoms with E-state index in [2.05, 4.69) is 35.6 Å². The quantitative estimate of drug-likeness (QED) is 0.197. The van der Waals surface area contributed by atoms with E-state index in [1.807, 2.05) is 72.8 Å². The van der Waals surface area contributed by atoms with Gasteiger partial charge in [0.2, 0.25) is 5.60 Å². The van der Waals surface area contributed by atoms with Gasteiger partial charge in [-0.05, 0) is 71.3 Å². The second kappa shape index (κ2) is 11.4. The maximum absolute atomic E-state index is 14.3. The predicted molar refractivity (Wildman–Crippen MR) is 157 cm³/mol. The zero-order valence-electron chi connectivity index (χ0n) is 22.6. The Hall–Kier alpha value is -4.35. The molecule has 0 radical (unpaired) electrons. The molecular weight excluding hydrogens is 498 g/mol. The number of rotatable bonds is 9. The van der Waals surface area contributed by atoms with Crippen LogP contribution in [0.4, 0.5) is 5.69 Å². The van der Waals surface area contributed by atoms with Gasteiger partial charge in [0.05, 0.1) is 26.0 Å². The number of anilines is 1. The Morgan fingerprint density at radius 3 is 2.35 bits per heavy atom. The van der Waals surface area contributed by atoms with Gasteiger partial charge in [-0.2, -0.15) is 0 Å². The maximum atomic E-state index is 14.3. The van der Waals surface area contributed by atoms with Crippen molar-refractivity contribution in [3.63, 3.8) is 0 Å². The average Bonchev–Trinajstić information content (AvgIpc) is 3.46. The van der Waals surface area contributed by atoms with Crippen LogP contribution in [0.5, 0.6) is 0 Å². The normalized spacial score (nSPS) is 15.1. The van der Waals surface area contributed by atoms with Gasteiger partial charge in [0.25, 0.3) is 0 Å². The number of fused-ring (bicyclic) bond motifs is 2. The Morgan fingerprint density at radius 2 is 1.57 bits per heavy atom. The molecule has 202 valence electrons. The van der Waals surface area contributed by atoms with Crippen LogP contribution in [0.15, 0.2) is 114 Å². The highest BCUT2D eigenvalue weighted by Gasteiger charge is 2.55. The lowest BCUT2D eigenvalue weighted by Crippen LogP contribution is -2.48. The highest BCUT2D eigenvalue weighted by atomic mass is 16.6. The number of nitrogens with one attached hydrogen (secondary N) is 1. The van der Waals surface area contributed by atoms with E-state index in [1.54, 1.807) is 6.26 Å². The predicted octanol–water partition coefficient (Wildman–Crippen LogP) is 7.75. The number of esters is 1. The fourth-order valence-corrected chi connectivity index (χ4v) is 5.81. The standard InChI is InChI=1S/C35H33NO4/c1-38-34(37)35(40-23-25-12-4-2-5-13-25,33-31-19-11-10-16-29(31)24-39-33)32(36-30-17-6-3-7-18-30)28-21-20-26-14-8-9-15-27(26)22-28/h2-9,12-15,17-18,20-22,24,32,36H,10-11,16,19,23H2,1H3/t32-,35+/m1/s1. The Bertz CT molecular complexity index is 1590. The molecule has 0 amide bonds. The van der Waals surface area contributed by atoms with Crippen LogP contribution in [0.25, 0.3) is 10.8 Å². The van der Waals surface area contributed by atoms with E-state index >= 15 is 0 Å². The molecule has 5 heteroatoms. The summed E-state index contributed by atoms with van der Waals surface area (Å²) in [6.07, 6.45) is 5.67. The first kappa shape index (κ1) is 25.9. The lowest BCUT2D eigenvalue weighted by Gasteiger charge is -2.39. The van der Waals surface area contributed by atoms with Crippen molar-refractivity contribution < 1.29 is 18.7 Å². The third-order valence-electron chi connectivity index (χ3n) is 7.84. The van der Waals surface area contributed by atoms with E-state index in [0.717, 1.165) is 64.4 Å². The molecule has 0 saturated carbocycles. The molecule has 1 N–H and O–H groups in total. The van der Waals surface area contributed by atoms with Crippen LogP contribution in [0.1, 0.15) is 46.9 Å². The smallest absolute Gasteiger partial charge is 0.348 e. The second-order valence-electron chi connectivity index (χ2n) is 10.3. The first-order valence-corrected chi connectivity index (χ1v) is 13.9. The number of hydrogen-bond donors (Lipinski definition) is 1. The van der Waals surface area contributed by atoms with Gasteiger partial charge in [0, 0.05) is 11.3 Å². The number of ether oxygens (including phenoxy) is 2. The first-order valence-electron chi connectivity index (χ1n) is 13.9. The molecule has 1 aromatic heterocycles. The number of furan rings is 1. The van der Waals surface area contributed by atoms with Gasteiger partial charge in [-0.3, -0.25) is 0 Å². The molecule has 0 unspecified atom stereocenters. The Balaban J connectivity index is 1.59. The molecular formula is C35H33NO4. The minimum atomic E-state index is -1.60. The molecule has 5 aromatic rings. The van der Waals surface area contributed by atoms with Crippen molar-refractivity contribution in [3.05, 3.63) is 137 Å². The SMILES string of the molecule is COC(=O)[C@@](OCc1ccccc1)(c1occ2c1CCCC2)[C@H](Nc1ccccc1)c1ccc2ccccc2c1. The summed E-state index contributed by atoms with van der Waals surface area (Å²) in [4.78, 5) is 14.3. The Labute approximate surface area is 234 Å². The van der Waals surface area contributed by atoms with Gasteiger partial charge < -0.3 is 19.2 Å². The van der Waals surface area contributed by atoms with Crippen LogP contribution in [0, 0.1) is 0 Å². The highest BCUT2D eigenvalue weighted by molar-refractivity contribution is 5.86. The van der Waals surface area contributed by atoms with Crippen molar-refractivity contribution in [2.24, 2.45) is 0 Å². The van der Waals surface area contributed by atoms with Gasteiger partial charge in [-0.25, -0.2) is 4.79 Å². The summed E-state index contributed by atoms with van der Waals surface area (Å²) in [6, 6.07) is 33.6. The van der Waals surface area contributed by atoms with Crippen LogP contribution in [-0.4, -0.2) is 13.1 Å². The minimum absolute atomic E-state index is 0.200. The molecule has 6 rings (SSSR count). The van der Waals surface area contributed by atoms with Crippen molar-refractivity contribution >= 4 is 22.4 Å². The van der Waals surface area contributed by atoms with Crippen LogP contribution < -0.4 is 5.32 Å². The van der Waals surface area contributed by atoms with Crippen molar-refractivity contribution in [1.82, 2.24) is 0 Å². The van der Waals surface area contributed by atoms with E-state index in [1.165, 1.54) is 7.11 Å². The molecule has 2 atom stereocenters. The third kappa shape index (κ3) is 4.89. The molecule has 0 fully saturated rings. The Morgan fingerprint density at radius 1 is 0.875 bits per heavy atom. The van der Waals surface area contributed by atoms with Crippen molar-refractivity contribution in [1.29, 1.82) is 0 Å². The fraction of sp³-hybridized carbons (Fsp3) is 0.229. The number of benzene rings is 4. The molecule has 0 spiro atoms. The topological polar surface area (TPSA) is 60.7 Å². The molecule has 1 aliphatic carbocycles. The first-order chi connectivity index (χ1) is 19.7. The Kier molecular flexibility index (Phi) is 7.39. The lowest BCUT2D eigenvalue weighted by molar-refractivity contribution is -0.180. The van der Waals surface area contributed by atoms with Crippen LogP contribution in [0.2, 0.25) is 0 Å². The zero-order valence-corrected chi connectivity index (χ0v) is 22.6. The molecule has 1 aliphatic rings. The minimum Gasteiger partial charge on any atom is -0.466 e. The highest BCUT2D eigenvalue weighted by Crippen LogP contribution is 2.47. The van der Waals surface area contributed by atoms with E-state index < -0.39 is 17.6 Å². The summed E-state index contributed by atoms with van der Waals surface area (Å²) in [5, 5.41) is 5.85. The van der Waals surface area contributed by atoms with Crippen molar-refractivity contribution in [2.45, 2.75) is 43.9 Å². The van der Waals surface area contributed by atoms with E-state index in [0.29, 0.717) is 5.76 Å². The summed E-state index contributed by atoms with van der Waals surface area (Å²) in [5.74, 6) is 0.0133. The fourth-order valence-electron chi connectivity index (χ4n) is 5.81. The number of carbonyl (C=O) groups excluding carboxylic acids is 1. The molecule has 1 heterocycles. The summed E-state index contributed by atoms with van der Waals surface area (Å²) in [6.45, 7) is 0.200. The van der Waals surface area contributed by atoms with Crippen molar-refractivity contribution in [3.8, 4) is 0 Å². The van der Waals surface area contributed by atoms with Crippen LogP contribution in [-0.2, 0) is 39.3 Å². The van der Waals surface area contributed by atoms with Gasteiger partial charge >= 0.3 is 5.97 Å². The molecule has 0 aliphatic heterocycles. The number of methoxy groups -OCH3 is 1. The molecule has 40 heavy (non-hydrogen) atoms. The molecule has 0 saturated heterocycles. The van der Waals surface area contributed by atoms with Gasteiger partial charge in [0.1, 0.15) is 0 Å².